The Bertz CT molecular complexity index is 2730. The van der Waals surface area contributed by atoms with Gasteiger partial charge in [-0.15, -0.1) is 0 Å². The van der Waals surface area contributed by atoms with Crippen molar-refractivity contribution >= 4 is 65.2 Å². The highest BCUT2D eigenvalue weighted by atomic mass is 16.4. The lowest BCUT2D eigenvalue weighted by Gasteiger charge is -2.27. The van der Waals surface area contributed by atoms with Gasteiger partial charge >= 0.3 is 23.9 Å². The van der Waals surface area contributed by atoms with Gasteiger partial charge in [-0.25, -0.2) is 4.79 Å². The molecule has 26 nitrogen and oxygen atoms in total. The molecule has 0 fully saturated rings. The summed E-state index contributed by atoms with van der Waals surface area (Å²) in [5.41, 5.74) is 6.93. The monoisotopic (exact) mass is 1060 g/mol. The number of phenols is 3. The van der Waals surface area contributed by atoms with Crippen molar-refractivity contribution < 1.29 is 88.5 Å². The quantitative estimate of drug-likeness (QED) is 0.0278. The van der Waals surface area contributed by atoms with Gasteiger partial charge in [-0.3, -0.25) is 47.9 Å². The molecule has 4 aromatic rings. The third kappa shape index (κ3) is 20.1. The number of aromatic hydroxyl groups is 3. The molecular formula is C50H56N8O18. The van der Waals surface area contributed by atoms with E-state index in [9.17, 15) is 83.4 Å². The lowest BCUT2D eigenvalue weighted by molar-refractivity contribution is -0.144. The Morgan fingerprint density at radius 1 is 0.368 bits per heavy atom. The molecule has 76 heavy (non-hydrogen) atoms. The fourth-order valence-corrected chi connectivity index (χ4v) is 7.23. The number of aliphatic carboxylic acids is 4. The highest BCUT2D eigenvalue weighted by Crippen LogP contribution is 2.16. The van der Waals surface area contributed by atoms with Crippen LogP contribution in [0.15, 0.2) is 103 Å². The van der Waals surface area contributed by atoms with Crippen molar-refractivity contribution in [3.63, 3.8) is 0 Å². The van der Waals surface area contributed by atoms with Crippen molar-refractivity contribution in [3.05, 3.63) is 125 Å². The van der Waals surface area contributed by atoms with E-state index in [1.807, 2.05) is 0 Å². The van der Waals surface area contributed by atoms with E-state index in [0.29, 0.717) is 22.3 Å². The van der Waals surface area contributed by atoms with Crippen molar-refractivity contribution in [1.29, 1.82) is 0 Å². The van der Waals surface area contributed by atoms with E-state index in [-0.39, 0.29) is 36.5 Å². The number of hydrogen-bond acceptors (Lipinski definition) is 15. The predicted molar refractivity (Wildman–Crippen MR) is 263 cm³/mol. The SMILES string of the molecule is N[C@@H](CC(=O)O)C(=O)NCC(=O)N[C@@H](CC(=O)O)C(=O)N[C@@H](Cc1ccc(O)cc1)C(=O)N[C@@H](Cc1ccc(O)cc1)C(=O)N[C@@H](Cc1ccccc1)C(=O)N[C@@H](CC(=O)O)C(=O)N[C@@H](Cc1ccc(O)cc1)C(=O)O. The molecular weight excluding hydrogens is 1000 g/mol. The topological polar surface area (TPSA) is 440 Å². The van der Waals surface area contributed by atoms with Crippen LogP contribution < -0.4 is 43.0 Å². The van der Waals surface area contributed by atoms with Gasteiger partial charge in [0.15, 0.2) is 0 Å². The molecule has 0 heterocycles. The summed E-state index contributed by atoms with van der Waals surface area (Å²) in [5.74, 6) is -14.6. The number of benzene rings is 4. The highest BCUT2D eigenvalue weighted by molar-refractivity contribution is 5.99. The number of nitrogens with one attached hydrogen (secondary N) is 7. The molecule has 0 unspecified atom stereocenters. The molecule has 0 saturated heterocycles. The number of amides is 7. The molecule has 0 spiro atoms. The van der Waals surface area contributed by atoms with Crippen LogP contribution >= 0.6 is 0 Å². The van der Waals surface area contributed by atoms with Crippen LogP contribution in [-0.2, 0) is 78.4 Å². The molecule has 0 radical (unpaired) electrons. The van der Waals surface area contributed by atoms with Crippen LogP contribution in [0, 0.1) is 0 Å². The minimum atomic E-state index is -1.92. The molecule has 7 atom stereocenters. The molecule has 7 amide bonds. The zero-order valence-electron chi connectivity index (χ0n) is 40.2. The van der Waals surface area contributed by atoms with Crippen molar-refractivity contribution in [1.82, 2.24) is 37.2 Å². The number of carbonyl (C=O) groups excluding carboxylic acids is 7. The Kier molecular flexibility index (Phi) is 22.2. The van der Waals surface area contributed by atoms with Crippen molar-refractivity contribution in [2.75, 3.05) is 6.54 Å². The zero-order chi connectivity index (χ0) is 56.1. The third-order valence-corrected chi connectivity index (χ3v) is 11.1. The second-order valence-electron chi connectivity index (χ2n) is 17.2. The summed E-state index contributed by atoms with van der Waals surface area (Å²) in [7, 11) is 0. The average molecular weight is 1060 g/mol. The summed E-state index contributed by atoms with van der Waals surface area (Å²) in [4.78, 5) is 143. The maximum atomic E-state index is 14.6. The fraction of sp³-hybridized carbons (Fsp3) is 0.300. The van der Waals surface area contributed by atoms with E-state index >= 15 is 0 Å². The second-order valence-corrected chi connectivity index (χ2v) is 17.2. The predicted octanol–water partition coefficient (Wildman–Crippen LogP) is -2.06. The van der Waals surface area contributed by atoms with Gasteiger partial charge in [-0.2, -0.15) is 0 Å². The second kappa shape index (κ2) is 28.6. The summed E-state index contributed by atoms with van der Waals surface area (Å²) < 4.78 is 0. The summed E-state index contributed by atoms with van der Waals surface area (Å²) in [5, 5.41) is 83.9. The number of hydrogen-bond donors (Lipinski definition) is 15. The number of carboxylic acid groups (broad SMARTS) is 4. The first-order chi connectivity index (χ1) is 35.9. The van der Waals surface area contributed by atoms with Crippen LogP contribution in [0.25, 0.3) is 0 Å². The van der Waals surface area contributed by atoms with Gasteiger partial charge < -0.3 is 78.7 Å². The first-order valence-electron chi connectivity index (χ1n) is 23.1. The highest BCUT2D eigenvalue weighted by Gasteiger charge is 2.35. The van der Waals surface area contributed by atoms with E-state index in [1.54, 1.807) is 30.3 Å². The van der Waals surface area contributed by atoms with Crippen LogP contribution in [0.4, 0.5) is 0 Å². The molecule has 0 aliphatic rings. The minimum absolute atomic E-state index is 0.117. The van der Waals surface area contributed by atoms with Gasteiger partial charge in [-0.1, -0.05) is 66.7 Å². The van der Waals surface area contributed by atoms with Gasteiger partial charge in [0.1, 0.15) is 53.5 Å². The number of nitrogens with two attached hydrogens (primary N) is 1. The maximum Gasteiger partial charge on any atom is 0.326 e. The smallest absolute Gasteiger partial charge is 0.326 e. The third-order valence-electron chi connectivity index (χ3n) is 11.1. The molecule has 26 heteroatoms. The number of carbonyl (C=O) groups is 11. The average Bonchev–Trinajstić information content (AvgIpc) is 3.36. The Morgan fingerprint density at radius 2 is 0.671 bits per heavy atom. The lowest BCUT2D eigenvalue weighted by atomic mass is 10.00. The molecule has 4 rings (SSSR count). The van der Waals surface area contributed by atoms with Crippen molar-refractivity contribution in [3.8, 4) is 17.2 Å². The Morgan fingerprint density at radius 3 is 1.03 bits per heavy atom. The molecule has 0 aliphatic carbocycles. The van der Waals surface area contributed by atoms with E-state index in [0.717, 1.165) is 0 Å². The van der Waals surface area contributed by atoms with Crippen LogP contribution in [0.3, 0.4) is 0 Å². The van der Waals surface area contributed by atoms with Gasteiger partial charge in [0, 0.05) is 25.7 Å². The van der Waals surface area contributed by atoms with Gasteiger partial charge in [0.2, 0.25) is 41.4 Å². The van der Waals surface area contributed by atoms with E-state index in [2.05, 4.69) is 37.2 Å². The molecule has 0 saturated carbocycles. The lowest BCUT2D eigenvalue weighted by Crippen LogP contribution is -2.61. The van der Waals surface area contributed by atoms with Crippen molar-refractivity contribution in [2.24, 2.45) is 5.73 Å². The molecule has 0 bridgehead atoms. The summed E-state index contributed by atoms with van der Waals surface area (Å²) in [6.45, 7) is -0.884. The summed E-state index contributed by atoms with van der Waals surface area (Å²) in [6, 6.07) is 11.9. The number of phenolic OH excluding ortho intramolecular Hbond substituents is 3. The first-order valence-corrected chi connectivity index (χ1v) is 23.1. The van der Waals surface area contributed by atoms with Crippen LogP contribution in [0.5, 0.6) is 17.2 Å². The Balaban J connectivity index is 1.66. The fourth-order valence-electron chi connectivity index (χ4n) is 7.23. The standard InChI is InChI=1S/C50H56N8O18/c51-33(22-41(63)64)44(69)52-25-40(62)53-37(23-42(65)66)48(73)56-36(20-28-8-14-31(60)15-9-28)46(71)55-35(19-27-6-12-30(59)13-7-27)45(70)54-34(18-26-4-2-1-3-5-26)47(72)57-38(24-43(67)68)49(74)58-39(50(75)76)21-29-10-16-32(61)17-11-29/h1-17,33-39,59-61H,18-25,51H2,(H,52,69)(H,53,62)(H,54,70)(H,55,71)(H,56,73)(H,57,72)(H,58,74)(H,63,64)(H,65,66)(H,67,68)(H,75,76)/t33-,34-,35-,36-,37-,38-,39-/m0/s1. The maximum absolute atomic E-state index is 14.6. The van der Waals surface area contributed by atoms with E-state index in [4.69, 9.17) is 10.8 Å². The first kappa shape index (κ1) is 59.0. The number of carboxylic acids is 4. The van der Waals surface area contributed by atoms with Crippen LogP contribution in [-0.4, -0.2) is 150 Å². The van der Waals surface area contributed by atoms with Gasteiger partial charge in [-0.05, 0) is 58.7 Å². The molecule has 16 N–H and O–H groups in total. The number of rotatable bonds is 29. The van der Waals surface area contributed by atoms with Crippen LogP contribution in [0.1, 0.15) is 41.5 Å². The van der Waals surface area contributed by atoms with E-state index in [1.165, 1.54) is 72.8 Å². The minimum Gasteiger partial charge on any atom is -0.508 e. The molecule has 0 aromatic heterocycles. The van der Waals surface area contributed by atoms with Crippen LogP contribution in [0.2, 0.25) is 0 Å². The summed E-state index contributed by atoms with van der Waals surface area (Å²) in [6.07, 6.45) is -4.32. The largest absolute Gasteiger partial charge is 0.508 e. The molecule has 404 valence electrons. The normalized spacial score (nSPS) is 13.5. The van der Waals surface area contributed by atoms with Crippen molar-refractivity contribution in [2.45, 2.75) is 87.2 Å². The molecule has 4 aromatic carbocycles. The van der Waals surface area contributed by atoms with Gasteiger partial charge in [0.05, 0.1) is 31.8 Å². The Labute approximate surface area is 432 Å². The van der Waals surface area contributed by atoms with Gasteiger partial charge in [0.25, 0.3) is 0 Å². The zero-order valence-corrected chi connectivity index (χ0v) is 40.2. The Hall–Kier alpha value is -9.59. The van der Waals surface area contributed by atoms with E-state index < -0.39 is 140 Å². The summed E-state index contributed by atoms with van der Waals surface area (Å²) >= 11 is 0. The molecule has 0 aliphatic heterocycles.